The smallest absolute Gasteiger partial charge is 0.314 e. The summed E-state index contributed by atoms with van der Waals surface area (Å²) in [4.78, 5) is 19.4. The Morgan fingerprint density at radius 3 is 2.61 bits per heavy atom. The summed E-state index contributed by atoms with van der Waals surface area (Å²) < 4.78 is 6.14. The monoisotopic (exact) mass is 534 g/mol. The van der Waals surface area contributed by atoms with Gasteiger partial charge in [0.15, 0.2) is 0 Å². The summed E-state index contributed by atoms with van der Waals surface area (Å²) in [7, 11) is 0. The highest BCUT2D eigenvalue weighted by Gasteiger charge is 2.43. The van der Waals surface area contributed by atoms with Crippen LogP contribution < -0.4 is 4.74 Å². The number of nitrogens with zero attached hydrogens (tertiary/aromatic N) is 2. The molecule has 0 aliphatic carbocycles. The Bertz CT molecular complexity index is 1300. The molecule has 2 aromatic rings. The molecule has 0 atom stereocenters. The molecular formula is C31H35ClN2O4. The van der Waals surface area contributed by atoms with E-state index in [-0.39, 0.29) is 0 Å². The molecular weight excluding hydrogens is 500 g/mol. The third kappa shape index (κ3) is 5.31. The van der Waals surface area contributed by atoms with Crippen molar-refractivity contribution in [1.29, 1.82) is 0 Å². The van der Waals surface area contributed by atoms with Gasteiger partial charge in [0.05, 0.1) is 16.7 Å². The minimum atomic E-state index is -0.955. The highest BCUT2D eigenvalue weighted by molar-refractivity contribution is 6.30. The number of fused-ring (bicyclic) bond motifs is 1. The van der Waals surface area contributed by atoms with E-state index >= 15 is 0 Å². The summed E-state index contributed by atoms with van der Waals surface area (Å²) in [5, 5.41) is 21.4. The van der Waals surface area contributed by atoms with E-state index in [0.29, 0.717) is 24.5 Å². The van der Waals surface area contributed by atoms with Crippen molar-refractivity contribution in [2.75, 3.05) is 26.2 Å². The maximum absolute atomic E-state index is 12.4. The lowest BCUT2D eigenvalue weighted by atomic mass is 9.73. The van der Waals surface area contributed by atoms with Gasteiger partial charge in [-0.15, -0.1) is 0 Å². The van der Waals surface area contributed by atoms with Gasteiger partial charge in [0.1, 0.15) is 12.4 Å². The number of carboxylic acid groups (broad SMARTS) is 1. The van der Waals surface area contributed by atoms with Gasteiger partial charge >= 0.3 is 5.97 Å². The van der Waals surface area contributed by atoms with Crippen LogP contribution in [-0.2, 0) is 15.8 Å². The number of allylic oxidation sites excluding steroid dienone is 2. The van der Waals surface area contributed by atoms with E-state index in [9.17, 15) is 15.0 Å². The fraction of sp³-hybridized carbons (Fsp3) is 0.419. The number of likely N-dealkylation sites (tertiary alicyclic amines) is 1. The summed E-state index contributed by atoms with van der Waals surface area (Å²) in [6, 6.07) is 13.2. The van der Waals surface area contributed by atoms with Gasteiger partial charge in [-0.2, -0.15) is 0 Å². The molecule has 3 aliphatic rings. The Balaban J connectivity index is 1.35. The molecule has 0 saturated carbocycles. The third-order valence-electron chi connectivity index (χ3n) is 8.09. The zero-order valence-electron chi connectivity index (χ0n) is 22.0. The number of hydrogen-bond acceptors (Lipinski definition) is 5. The molecule has 1 saturated heterocycles. The Labute approximate surface area is 229 Å². The van der Waals surface area contributed by atoms with Crippen molar-refractivity contribution < 1.29 is 19.7 Å². The van der Waals surface area contributed by atoms with Gasteiger partial charge in [-0.25, -0.2) is 0 Å². The quantitative estimate of drug-likeness (QED) is 0.477. The van der Waals surface area contributed by atoms with Gasteiger partial charge in [-0.1, -0.05) is 35.9 Å². The molecule has 2 aromatic carbocycles. The first-order valence-electron chi connectivity index (χ1n) is 13.3. The molecule has 0 unspecified atom stereocenters. The van der Waals surface area contributed by atoms with Gasteiger partial charge in [-0.05, 0) is 106 Å². The zero-order chi connectivity index (χ0) is 26.9. The highest BCUT2D eigenvalue weighted by Crippen LogP contribution is 2.41. The molecule has 0 bridgehead atoms. The van der Waals surface area contributed by atoms with Crippen molar-refractivity contribution in [3.8, 4) is 5.75 Å². The molecule has 2 N–H and O–H groups in total. The molecule has 7 heteroatoms. The molecule has 5 rings (SSSR count). The molecule has 6 nitrogen and oxygen atoms in total. The number of aliphatic hydroxyl groups is 1. The van der Waals surface area contributed by atoms with E-state index in [1.807, 2.05) is 36.5 Å². The predicted octanol–water partition coefficient (Wildman–Crippen LogP) is 5.97. The van der Waals surface area contributed by atoms with Crippen LogP contribution in [0.3, 0.4) is 0 Å². The van der Waals surface area contributed by atoms with E-state index in [2.05, 4.69) is 16.0 Å². The number of benzene rings is 2. The predicted molar refractivity (Wildman–Crippen MR) is 151 cm³/mol. The normalized spacial score (nSPS) is 20.5. The minimum Gasteiger partial charge on any atom is -0.487 e. The van der Waals surface area contributed by atoms with E-state index in [4.69, 9.17) is 16.3 Å². The van der Waals surface area contributed by atoms with Gasteiger partial charge in [0, 0.05) is 23.3 Å². The summed E-state index contributed by atoms with van der Waals surface area (Å²) in [5.41, 5.74) is 4.16. The van der Waals surface area contributed by atoms with Gasteiger partial charge in [-0.3, -0.25) is 9.79 Å². The first-order valence-corrected chi connectivity index (χ1v) is 13.7. The number of carbonyl (C=O) groups is 1. The van der Waals surface area contributed by atoms with Crippen molar-refractivity contribution in [2.24, 2.45) is 4.99 Å². The van der Waals surface area contributed by atoms with E-state index in [0.717, 1.165) is 72.6 Å². The number of aliphatic carboxylic acids is 1. The van der Waals surface area contributed by atoms with Crippen LogP contribution in [0.15, 0.2) is 64.8 Å². The van der Waals surface area contributed by atoms with Crippen LogP contribution in [0.4, 0.5) is 0 Å². The van der Waals surface area contributed by atoms with Crippen molar-refractivity contribution in [3.05, 3.63) is 81.5 Å². The molecule has 3 heterocycles. The van der Waals surface area contributed by atoms with Crippen molar-refractivity contribution in [2.45, 2.75) is 57.0 Å². The fourth-order valence-electron chi connectivity index (χ4n) is 5.75. The van der Waals surface area contributed by atoms with Gasteiger partial charge in [0.25, 0.3) is 0 Å². The summed E-state index contributed by atoms with van der Waals surface area (Å²) in [6.07, 6.45) is 7.99. The zero-order valence-corrected chi connectivity index (χ0v) is 22.8. The van der Waals surface area contributed by atoms with Crippen LogP contribution in [0.5, 0.6) is 5.75 Å². The number of aliphatic imine (C=N–C) groups is 1. The summed E-state index contributed by atoms with van der Waals surface area (Å²) >= 11 is 6.04. The average molecular weight is 535 g/mol. The minimum absolute atomic E-state index is 0.437. The average Bonchev–Trinajstić information content (AvgIpc) is 3.06. The Morgan fingerprint density at radius 2 is 1.92 bits per heavy atom. The molecule has 1 fully saturated rings. The number of carboxylic acids is 1. The standard InChI is InChI=1S/C31H35ClN2O4/c1-30(2,37)22-9-12-28-26(19-22)24(25-5-3-15-33-27(25)20-38-28)6-4-16-34-17-13-31(14-18-34,29(35)36)21-7-10-23(32)11-8-21/h6-12,15,19,37H,3-5,13-14,16-18,20H2,1-2H3,(H,35,36)/b24-6+. The second kappa shape index (κ2) is 10.7. The third-order valence-corrected chi connectivity index (χ3v) is 8.35. The fourth-order valence-corrected chi connectivity index (χ4v) is 5.88. The summed E-state index contributed by atoms with van der Waals surface area (Å²) in [5.74, 6) is 0.0395. The number of piperidine rings is 1. The van der Waals surface area contributed by atoms with Crippen molar-refractivity contribution >= 4 is 29.4 Å². The van der Waals surface area contributed by atoms with Gasteiger partial charge < -0.3 is 19.8 Å². The van der Waals surface area contributed by atoms with Crippen molar-refractivity contribution in [3.63, 3.8) is 0 Å². The molecule has 0 spiro atoms. The molecule has 3 aliphatic heterocycles. The molecule has 0 amide bonds. The van der Waals surface area contributed by atoms with Crippen molar-refractivity contribution in [1.82, 2.24) is 4.90 Å². The lowest BCUT2D eigenvalue weighted by Gasteiger charge is -2.39. The maximum atomic E-state index is 12.4. The Hall–Kier alpha value is -2.93. The highest BCUT2D eigenvalue weighted by atomic mass is 35.5. The van der Waals surface area contributed by atoms with Crippen LogP contribution in [0.1, 0.15) is 62.6 Å². The largest absolute Gasteiger partial charge is 0.487 e. The Kier molecular flexibility index (Phi) is 7.49. The van der Waals surface area contributed by atoms with Crippen LogP contribution in [-0.4, -0.2) is 53.5 Å². The Morgan fingerprint density at radius 1 is 1.18 bits per heavy atom. The SMILES string of the molecule is CC(C)(O)c1ccc2c(c1)/C(=C/CCN1CCC(C(=O)O)(c3ccc(Cl)cc3)CC1)C1=C(CO2)N=CCC1. The van der Waals surface area contributed by atoms with Crippen LogP contribution in [0.25, 0.3) is 5.57 Å². The first kappa shape index (κ1) is 26.7. The summed E-state index contributed by atoms with van der Waals surface area (Å²) in [6.45, 7) is 6.31. The lowest BCUT2D eigenvalue weighted by Crippen LogP contribution is -2.47. The molecule has 0 aromatic heterocycles. The van der Waals surface area contributed by atoms with E-state index in [1.54, 1.807) is 26.0 Å². The maximum Gasteiger partial charge on any atom is 0.314 e. The number of hydrogen-bond donors (Lipinski definition) is 2. The number of rotatable bonds is 6. The number of halogens is 1. The molecule has 200 valence electrons. The second-order valence-corrected chi connectivity index (χ2v) is 11.4. The van der Waals surface area contributed by atoms with Crippen LogP contribution >= 0.6 is 11.6 Å². The molecule has 0 radical (unpaired) electrons. The van der Waals surface area contributed by atoms with Crippen LogP contribution in [0, 0.1) is 0 Å². The topological polar surface area (TPSA) is 82.4 Å². The van der Waals surface area contributed by atoms with Crippen LogP contribution in [0.2, 0.25) is 5.02 Å². The van der Waals surface area contributed by atoms with E-state index in [1.165, 1.54) is 5.57 Å². The first-order chi connectivity index (χ1) is 18.2. The lowest BCUT2D eigenvalue weighted by molar-refractivity contribution is -0.146. The van der Waals surface area contributed by atoms with Gasteiger partial charge in [0.2, 0.25) is 0 Å². The second-order valence-electron chi connectivity index (χ2n) is 11.0. The van der Waals surface area contributed by atoms with E-state index < -0.39 is 17.0 Å². The number of ether oxygens (including phenoxy) is 1. The molecule has 38 heavy (non-hydrogen) atoms.